The quantitative estimate of drug-likeness (QED) is 0.708. The number of halogens is 1. The van der Waals surface area contributed by atoms with Crippen LogP contribution in [-0.2, 0) is 0 Å². The normalized spacial score (nSPS) is 20.9. The number of amides is 2. The van der Waals surface area contributed by atoms with E-state index in [4.69, 9.17) is 4.74 Å². The summed E-state index contributed by atoms with van der Waals surface area (Å²) in [6.45, 7) is 9.40. The molecule has 25 heavy (non-hydrogen) atoms. The average Bonchev–Trinajstić information content (AvgIpc) is 2.56. The van der Waals surface area contributed by atoms with Gasteiger partial charge in [0.15, 0.2) is 0 Å². The fourth-order valence-electron chi connectivity index (χ4n) is 3.41. The molecule has 0 radical (unpaired) electrons. The first-order valence-corrected chi connectivity index (χ1v) is 9.15. The van der Waals surface area contributed by atoms with Gasteiger partial charge in [0.05, 0.1) is 6.54 Å². The van der Waals surface area contributed by atoms with E-state index < -0.39 is 0 Å². The maximum absolute atomic E-state index is 12.8. The molecule has 2 rings (SSSR count). The van der Waals surface area contributed by atoms with Gasteiger partial charge in [0.1, 0.15) is 18.2 Å². The topological polar surface area (TPSA) is 53.6 Å². The van der Waals surface area contributed by atoms with Crippen LogP contribution < -0.4 is 15.4 Å². The number of benzene rings is 1. The molecule has 1 aromatic carbocycles. The van der Waals surface area contributed by atoms with Gasteiger partial charge in [-0.3, -0.25) is 0 Å². The predicted octanol–water partition coefficient (Wildman–Crippen LogP) is 2.87. The van der Waals surface area contributed by atoms with Gasteiger partial charge in [-0.2, -0.15) is 0 Å². The number of hydrogen-bond acceptors (Lipinski definition) is 3. The van der Waals surface area contributed by atoms with Crippen LogP contribution in [0.2, 0.25) is 0 Å². The fraction of sp³-hybridized carbons (Fsp3) is 0.632. The van der Waals surface area contributed by atoms with E-state index in [2.05, 4.69) is 29.4 Å². The Bertz CT molecular complexity index is 514. The van der Waals surface area contributed by atoms with Crippen molar-refractivity contribution in [2.24, 2.45) is 11.8 Å². The van der Waals surface area contributed by atoms with Crippen molar-refractivity contribution in [3.8, 4) is 5.75 Å². The molecule has 5 nitrogen and oxygen atoms in total. The standard InChI is InChI=1S/C19H30FN3O2/c1-15-12-16(2)14-23(13-15)10-3-8-21-19(24)22-9-11-25-18-6-4-17(20)5-7-18/h4-7,15-16H,3,8-14H2,1-2H3,(H2,21,22,24). The highest BCUT2D eigenvalue weighted by molar-refractivity contribution is 5.73. The van der Waals surface area contributed by atoms with Gasteiger partial charge in [-0.1, -0.05) is 13.8 Å². The van der Waals surface area contributed by atoms with E-state index in [0.29, 0.717) is 25.4 Å². The van der Waals surface area contributed by atoms with Crippen LogP contribution in [0.15, 0.2) is 24.3 Å². The SMILES string of the molecule is CC1CC(C)CN(CCCNC(=O)NCCOc2ccc(F)cc2)C1. The molecule has 6 heteroatoms. The first kappa shape index (κ1) is 19.5. The van der Waals surface area contributed by atoms with E-state index in [0.717, 1.165) is 37.9 Å². The number of hydrogen-bond donors (Lipinski definition) is 2. The van der Waals surface area contributed by atoms with E-state index >= 15 is 0 Å². The summed E-state index contributed by atoms with van der Waals surface area (Å²) in [7, 11) is 0. The molecule has 1 aliphatic heterocycles. The first-order chi connectivity index (χ1) is 12.0. The summed E-state index contributed by atoms with van der Waals surface area (Å²) < 4.78 is 18.2. The Labute approximate surface area is 149 Å². The molecule has 0 bridgehead atoms. The molecule has 2 unspecified atom stereocenters. The second-order valence-corrected chi connectivity index (χ2v) is 7.04. The zero-order valence-electron chi connectivity index (χ0n) is 15.3. The second-order valence-electron chi connectivity index (χ2n) is 7.04. The maximum atomic E-state index is 12.8. The summed E-state index contributed by atoms with van der Waals surface area (Å²) in [5, 5.41) is 5.62. The first-order valence-electron chi connectivity index (χ1n) is 9.15. The van der Waals surface area contributed by atoms with Gasteiger partial charge < -0.3 is 20.3 Å². The van der Waals surface area contributed by atoms with Crippen LogP contribution in [0.4, 0.5) is 9.18 Å². The summed E-state index contributed by atoms with van der Waals surface area (Å²) >= 11 is 0. The van der Waals surface area contributed by atoms with Gasteiger partial charge in [-0.05, 0) is 55.5 Å². The number of carbonyl (C=O) groups is 1. The third kappa shape index (κ3) is 7.73. The number of nitrogens with one attached hydrogen (secondary N) is 2. The van der Waals surface area contributed by atoms with Gasteiger partial charge >= 0.3 is 6.03 Å². The van der Waals surface area contributed by atoms with Crippen molar-refractivity contribution in [1.82, 2.24) is 15.5 Å². The molecule has 2 amide bonds. The molecule has 140 valence electrons. The minimum atomic E-state index is -0.293. The molecule has 1 saturated heterocycles. The lowest BCUT2D eigenvalue weighted by Gasteiger charge is -2.34. The van der Waals surface area contributed by atoms with Gasteiger partial charge in [-0.15, -0.1) is 0 Å². The van der Waals surface area contributed by atoms with Crippen LogP contribution in [0.5, 0.6) is 5.75 Å². The molecule has 0 spiro atoms. The van der Waals surface area contributed by atoms with Gasteiger partial charge in [0.25, 0.3) is 0 Å². The number of ether oxygens (including phenoxy) is 1. The van der Waals surface area contributed by atoms with Crippen LogP contribution in [0, 0.1) is 17.7 Å². The third-order valence-electron chi connectivity index (χ3n) is 4.35. The molecule has 1 heterocycles. The monoisotopic (exact) mass is 351 g/mol. The van der Waals surface area contributed by atoms with E-state index in [1.807, 2.05) is 0 Å². The molecule has 2 N–H and O–H groups in total. The molecule has 2 atom stereocenters. The van der Waals surface area contributed by atoms with Crippen molar-refractivity contribution >= 4 is 6.03 Å². The zero-order chi connectivity index (χ0) is 18.1. The summed E-state index contributed by atoms with van der Waals surface area (Å²) in [5.41, 5.74) is 0. The van der Waals surface area contributed by atoms with E-state index in [-0.39, 0.29) is 11.8 Å². The zero-order valence-corrected chi connectivity index (χ0v) is 15.3. The molecule has 1 fully saturated rings. The lowest BCUT2D eigenvalue weighted by atomic mass is 9.92. The molecular weight excluding hydrogens is 321 g/mol. The van der Waals surface area contributed by atoms with Crippen LogP contribution in [-0.4, -0.2) is 50.3 Å². The summed E-state index contributed by atoms with van der Waals surface area (Å²) in [6, 6.07) is 5.65. The molecule has 0 aliphatic carbocycles. The van der Waals surface area contributed by atoms with Crippen LogP contribution >= 0.6 is 0 Å². The van der Waals surface area contributed by atoms with Gasteiger partial charge in [0, 0.05) is 19.6 Å². The average molecular weight is 351 g/mol. The smallest absolute Gasteiger partial charge is 0.314 e. The maximum Gasteiger partial charge on any atom is 0.314 e. The lowest BCUT2D eigenvalue weighted by Crippen LogP contribution is -2.41. The van der Waals surface area contributed by atoms with Crippen molar-refractivity contribution in [3.63, 3.8) is 0 Å². The highest BCUT2D eigenvalue weighted by Gasteiger charge is 2.20. The molecular formula is C19H30FN3O2. The Morgan fingerprint density at radius 3 is 2.48 bits per heavy atom. The van der Waals surface area contributed by atoms with Gasteiger partial charge in [-0.25, -0.2) is 9.18 Å². The van der Waals surface area contributed by atoms with Crippen molar-refractivity contribution in [1.29, 1.82) is 0 Å². The fourth-order valence-corrected chi connectivity index (χ4v) is 3.41. The van der Waals surface area contributed by atoms with Crippen molar-refractivity contribution < 1.29 is 13.9 Å². The van der Waals surface area contributed by atoms with Crippen molar-refractivity contribution in [3.05, 3.63) is 30.1 Å². The second kappa shape index (κ2) is 10.2. The Hall–Kier alpha value is -1.82. The number of rotatable bonds is 8. The van der Waals surface area contributed by atoms with E-state index in [1.54, 1.807) is 12.1 Å². The highest BCUT2D eigenvalue weighted by Crippen LogP contribution is 2.20. The van der Waals surface area contributed by atoms with Crippen molar-refractivity contribution in [2.45, 2.75) is 26.7 Å². The number of piperidine rings is 1. The predicted molar refractivity (Wildman–Crippen MR) is 97.3 cm³/mol. The Kier molecular flexibility index (Phi) is 7.98. The minimum Gasteiger partial charge on any atom is -0.492 e. The number of likely N-dealkylation sites (tertiary alicyclic amines) is 1. The molecule has 1 aromatic rings. The van der Waals surface area contributed by atoms with Gasteiger partial charge in [0.2, 0.25) is 0 Å². The Morgan fingerprint density at radius 1 is 1.16 bits per heavy atom. The largest absolute Gasteiger partial charge is 0.492 e. The molecule has 0 aromatic heterocycles. The summed E-state index contributed by atoms with van der Waals surface area (Å²) in [5.74, 6) is 1.83. The Morgan fingerprint density at radius 2 is 1.80 bits per heavy atom. The van der Waals surface area contributed by atoms with Crippen molar-refractivity contribution in [2.75, 3.05) is 39.3 Å². The number of urea groups is 1. The van der Waals surface area contributed by atoms with E-state index in [9.17, 15) is 9.18 Å². The Balaban J connectivity index is 1.49. The molecule has 0 saturated carbocycles. The lowest BCUT2D eigenvalue weighted by molar-refractivity contribution is 0.139. The van der Waals surface area contributed by atoms with E-state index in [1.165, 1.54) is 18.6 Å². The molecule has 1 aliphatic rings. The third-order valence-corrected chi connectivity index (χ3v) is 4.35. The summed E-state index contributed by atoms with van der Waals surface area (Å²) in [4.78, 5) is 14.2. The van der Waals surface area contributed by atoms with Crippen LogP contribution in [0.25, 0.3) is 0 Å². The minimum absolute atomic E-state index is 0.178. The summed E-state index contributed by atoms with van der Waals surface area (Å²) in [6.07, 6.45) is 2.27. The number of nitrogens with zero attached hydrogens (tertiary/aromatic N) is 1. The number of carbonyl (C=O) groups excluding carboxylic acids is 1. The van der Waals surface area contributed by atoms with Crippen LogP contribution in [0.1, 0.15) is 26.7 Å². The highest BCUT2D eigenvalue weighted by atomic mass is 19.1. The van der Waals surface area contributed by atoms with Crippen LogP contribution in [0.3, 0.4) is 0 Å².